The number of carbonyl (C=O) groups is 3. The van der Waals surface area contributed by atoms with Crippen LogP contribution in [0.2, 0.25) is 0 Å². The Morgan fingerprint density at radius 1 is 0.307 bits per heavy atom. The van der Waals surface area contributed by atoms with Gasteiger partial charge in [-0.1, -0.05) is 400 Å². The zero-order valence-electron chi connectivity index (χ0n) is 67.3. The molecule has 9 nitrogen and oxygen atoms in total. The molecule has 0 amide bonds. The lowest BCUT2D eigenvalue weighted by Crippen LogP contribution is -2.44. The molecule has 9 heteroatoms. The highest BCUT2D eigenvalue weighted by molar-refractivity contribution is 5.70. The number of hydrogen-bond donors (Lipinski definition) is 0. The second-order valence-electron chi connectivity index (χ2n) is 30.4. The molecule has 0 aliphatic heterocycles. The minimum atomic E-state index is -1.62. The van der Waals surface area contributed by atoms with E-state index in [4.69, 9.17) is 18.9 Å². The molecule has 0 aliphatic carbocycles. The van der Waals surface area contributed by atoms with E-state index in [1.807, 2.05) is 21.1 Å². The maximum absolute atomic E-state index is 13.0. The molecule has 0 aromatic carbocycles. The van der Waals surface area contributed by atoms with Crippen LogP contribution in [0.3, 0.4) is 0 Å². The van der Waals surface area contributed by atoms with Gasteiger partial charge in [-0.3, -0.25) is 9.59 Å². The summed E-state index contributed by atoms with van der Waals surface area (Å²) in [6.45, 7) is 4.68. The minimum Gasteiger partial charge on any atom is -0.545 e. The molecule has 2 unspecified atom stereocenters. The van der Waals surface area contributed by atoms with Crippen LogP contribution in [0.4, 0.5) is 0 Å². The lowest BCUT2D eigenvalue weighted by Gasteiger charge is -2.26. The third kappa shape index (κ3) is 83.4. The van der Waals surface area contributed by atoms with Crippen molar-refractivity contribution >= 4 is 17.9 Å². The van der Waals surface area contributed by atoms with Gasteiger partial charge in [-0.25, -0.2) is 0 Å². The van der Waals surface area contributed by atoms with Gasteiger partial charge in [0.2, 0.25) is 0 Å². The number of quaternary nitrogens is 1. The maximum Gasteiger partial charge on any atom is 0.306 e. The van der Waals surface area contributed by atoms with Crippen molar-refractivity contribution in [1.82, 2.24) is 0 Å². The number of nitrogens with zero attached hydrogens (tertiary/aromatic N) is 1. The van der Waals surface area contributed by atoms with Gasteiger partial charge in [-0.15, -0.1) is 0 Å². The Morgan fingerprint density at radius 2 is 0.564 bits per heavy atom. The van der Waals surface area contributed by atoms with Crippen LogP contribution in [0.5, 0.6) is 0 Å². The van der Waals surface area contributed by atoms with E-state index in [9.17, 15) is 19.5 Å². The average molecular weight is 1410 g/mol. The van der Waals surface area contributed by atoms with E-state index < -0.39 is 24.3 Å². The highest BCUT2D eigenvalue weighted by atomic mass is 16.7. The van der Waals surface area contributed by atoms with Crippen LogP contribution in [-0.2, 0) is 33.3 Å². The molecule has 586 valence electrons. The zero-order chi connectivity index (χ0) is 73.2. The number of esters is 2. The largest absolute Gasteiger partial charge is 0.545 e. The molecule has 0 fully saturated rings. The number of carboxylic acids is 1. The van der Waals surface area contributed by atoms with Gasteiger partial charge in [0.1, 0.15) is 13.2 Å². The van der Waals surface area contributed by atoms with Crippen molar-refractivity contribution in [3.8, 4) is 0 Å². The van der Waals surface area contributed by atoms with Crippen LogP contribution < -0.4 is 5.11 Å². The molecule has 0 spiro atoms. The average Bonchev–Trinajstić information content (AvgIpc) is 1.25. The first-order valence-corrected chi connectivity index (χ1v) is 43.4. The quantitative estimate of drug-likeness (QED) is 0.0195. The van der Waals surface area contributed by atoms with Gasteiger partial charge in [-0.2, -0.15) is 0 Å². The van der Waals surface area contributed by atoms with Crippen LogP contribution in [0.15, 0.2) is 97.2 Å². The van der Waals surface area contributed by atoms with Crippen molar-refractivity contribution in [3.05, 3.63) is 97.2 Å². The van der Waals surface area contributed by atoms with Gasteiger partial charge in [0.25, 0.3) is 0 Å². The first-order chi connectivity index (χ1) is 49.6. The third-order valence-electron chi connectivity index (χ3n) is 19.3. The lowest BCUT2D eigenvalue weighted by molar-refractivity contribution is -0.870. The third-order valence-corrected chi connectivity index (χ3v) is 19.3. The number of rotatable bonds is 81. The minimum absolute atomic E-state index is 0.148. The first kappa shape index (κ1) is 97.2. The summed E-state index contributed by atoms with van der Waals surface area (Å²) in [5.41, 5.74) is 0. The van der Waals surface area contributed by atoms with Gasteiger partial charge >= 0.3 is 11.9 Å². The second kappa shape index (κ2) is 81.9. The normalized spacial score (nSPS) is 13.1. The molecule has 0 radical (unpaired) electrons. The summed E-state index contributed by atoms with van der Waals surface area (Å²) >= 11 is 0. The Labute approximate surface area is 626 Å². The number of unbranched alkanes of at least 4 members (excludes halogenated alkanes) is 50. The molecular formula is C92H165NO8. The standard InChI is InChI=1S/C92H165NO8/c1-6-8-10-12-14-16-18-20-22-24-26-28-30-32-34-36-38-40-42-43-44-45-46-47-49-50-52-54-56-58-60-62-64-66-68-70-72-74-76-78-80-82-89(94)99-86-88(87-100-92(91(96)97)98-85-84-93(3,4)5)101-90(95)83-81-79-77-75-73-71-69-67-65-63-61-59-57-55-53-51-48-41-39-37-35-33-31-29-27-25-23-21-19-17-15-13-11-9-7-2/h9,11,15,17-18,20-21,23-24,26-27,29-30,32-33,35,88,92H,6-8,10,12-14,16,19,22,25,28,31,34,36-87H2,1-5H3/b11-9-,17-15-,20-18-,23-21-,26-24-,29-27-,32-30-,35-33-. The Kier molecular flexibility index (Phi) is 78.8. The fourth-order valence-electron chi connectivity index (χ4n) is 12.8. The predicted molar refractivity (Wildman–Crippen MR) is 435 cm³/mol. The molecule has 0 N–H and O–H groups in total. The van der Waals surface area contributed by atoms with Crippen LogP contribution in [0, 0.1) is 0 Å². The summed E-state index contributed by atoms with van der Waals surface area (Å²) in [6, 6.07) is 0. The van der Waals surface area contributed by atoms with E-state index in [-0.39, 0.29) is 32.2 Å². The predicted octanol–water partition coefficient (Wildman–Crippen LogP) is 26.9. The molecule has 0 heterocycles. The van der Waals surface area contributed by atoms with Crippen LogP contribution in [-0.4, -0.2) is 82.3 Å². The Bertz CT molecular complexity index is 1990. The number of hydrogen-bond acceptors (Lipinski definition) is 8. The summed E-state index contributed by atoms with van der Waals surface area (Å²) < 4.78 is 22.9. The number of aliphatic carboxylic acids is 1. The molecular weight excluding hydrogens is 1250 g/mol. The number of allylic oxidation sites excluding steroid dienone is 16. The van der Waals surface area contributed by atoms with Crippen molar-refractivity contribution in [2.75, 3.05) is 47.5 Å². The molecule has 101 heavy (non-hydrogen) atoms. The lowest BCUT2D eigenvalue weighted by atomic mass is 10.0. The zero-order valence-corrected chi connectivity index (χ0v) is 67.3. The molecule has 0 aromatic heterocycles. The summed E-state index contributed by atoms with van der Waals surface area (Å²) in [5.74, 6) is -2.26. The number of carboxylic acid groups (broad SMARTS) is 1. The highest BCUT2D eigenvalue weighted by Crippen LogP contribution is 2.20. The van der Waals surface area contributed by atoms with Crippen LogP contribution in [0.25, 0.3) is 0 Å². The number of likely N-dealkylation sites (N-methyl/N-ethyl adjacent to an activating group) is 1. The van der Waals surface area contributed by atoms with Crippen molar-refractivity contribution < 1.29 is 42.9 Å². The van der Waals surface area contributed by atoms with Crippen molar-refractivity contribution in [2.24, 2.45) is 0 Å². The van der Waals surface area contributed by atoms with E-state index in [1.165, 1.54) is 302 Å². The summed E-state index contributed by atoms with van der Waals surface area (Å²) in [5, 5.41) is 11.9. The molecule has 0 rings (SSSR count). The molecule has 0 aromatic rings. The Morgan fingerprint density at radius 3 is 0.842 bits per heavy atom. The fraction of sp³-hybridized carbons (Fsp3) is 0.793. The molecule has 0 bridgehead atoms. The van der Waals surface area contributed by atoms with Gasteiger partial charge in [0, 0.05) is 12.8 Å². The smallest absolute Gasteiger partial charge is 0.306 e. The topological polar surface area (TPSA) is 111 Å². The van der Waals surface area contributed by atoms with E-state index in [1.54, 1.807) is 0 Å². The summed E-state index contributed by atoms with van der Waals surface area (Å²) in [4.78, 5) is 37.7. The fourth-order valence-corrected chi connectivity index (χ4v) is 12.8. The van der Waals surface area contributed by atoms with Crippen molar-refractivity contribution in [1.29, 1.82) is 0 Å². The van der Waals surface area contributed by atoms with Gasteiger partial charge in [0.15, 0.2) is 12.4 Å². The van der Waals surface area contributed by atoms with Gasteiger partial charge < -0.3 is 33.3 Å². The summed E-state index contributed by atoms with van der Waals surface area (Å²) in [7, 11) is 5.95. The van der Waals surface area contributed by atoms with E-state index in [0.717, 1.165) is 77.0 Å². The van der Waals surface area contributed by atoms with E-state index in [2.05, 4.69) is 111 Å². The second-order valence-corrected chi connectivity index (χ2v) is 30.4. The number of carbonyl (C=O) groups excluding carboxylic acids is 3. The molecule has 0 saturated carbocycles. The first-order valence-electron chi connectivity index (χ1n) is 43.4. The Hall–Kier alpha value is -3.79. The molecule has 2 atom stereocenters. The van der Waals surface area contributed by atoms with Gasteiger partial charge in [0.05, 0.1) is 40.3 Å². The molecule has 0 saturated heterocycles. The van der Waals surface area contributed by atoms with Crippen LogP contribution in [0.1, 0.15) is 412 Å². The maximum atomic E-state index is 13.0. The molecule has 0 aliphatic rings. The van der Waals surface area contributed by atoms with Crippen LogP contribution >= 0.6 is 0 Å². The summed E-state index contributed by atoms with van der Waals surface area (Å²) in [6.07, 6.45) is 111. The van der Waals surface area contributed by atoms with Gasteiger partial charge in [-0.05, 0) is 96.3 Å². The SMILES string of the molecule is CC/C=C\C/C=C\C/C=C\C/C=C\C/C=C\CCCCCCCCCCCCCCCCCCCCCC(=O)OC(COC(=O)CCCCCCCCCCCCCCCCCCCCCCCCCCCC/C=C\C/C=C\C/C=C\CCCCCCC)COC(OCC[N+](C)(C)C)C(=O)[O-]. The van der Waals surface area contributed by atoms with Crippen molar-refractivity contribution in [2.45, 2.75) is 424 Å². The van der Waals surface area contributed by atoms with E-state index in [0.29, 0.717) is 23.9 Å². The van der Waals surface area contributed by atoms with Crippen molar-refractivity contribution in [3.63, 3.8) is 0 Å². The number of ether oxygens (including phenoxy) is 4. The Balaban J connectivity index is 3.93. The highest BCUT2D eigenvalue weighted by Gasteiger charge is 2.22. The van der Waals surface area contributed by atoms with E-state index >= 15 is 0 Å². The monoisotopic (exact) mass is 1410 g/mol.